The Hall–Kier alpha value is -0.925. The third kappa shape index (κ3) is 16.4. The van der Waals surface area contributed by atoms with Crippen LogP contribution in [0.2, 0.25) is 0 Å². The second-order valence-corrected chi connectivity index (χ2v) is 8.41. The molecule has 0 bridgehead atoms. The predicted octanol–water partition coefficient (Wildman–Crippen LogP) is 5.15. The summed E-state index contributed by atoms with van der Waals surface area (Å²) in [5, 5.41) is 7.73. The van der Waals surface area contributed by atoms with E-state index in [0.717, 1.165) is 69.5 Å². The molecule has 7 nitrogen and oxygen atoms in total. The van der Waals surface area contributed by atoms with Gasteiger partial charge >= 0.3 is 0 Å². The second kappa shape index (κ2) is 24.8. The molecule has 2 atom stereocenters. The van der Waals surface area contributed by atoms with Gasteiger partial charge in [-0.3, -0.25) is 5.43 Å². The van der Waals surface area contributed by atoms with Crippen molar-refractivity contribution in [2.75, 3.05) is 53.4 Å². The first-order valence-electron chi connectivity index (χ1n) is 14.0. The molecule has 0 amide bonds. The van der Waals surface area contributed by atoms with Gasteiger partial charge in [0, 0.05) is 31.9 Å². The van der Waals surface area contributed by atoms with Gasteiger partial charge in [0.1, 0.15) is 14.6 Å². The van der Waals surface area contributed by atoms with Crippen molar-refractivity contribution in [3.63, 3.8) is 0 Å². The van der Waals surface area contributed by atoms with E-state index in [2.05, 4.69) is 22.8 Å². The van der Waals surface area contributed by atoms with Gasteiger partial charge in [0.2, 0.25) is 0 Å². The van der Waals surface area contributed by atoms with Crippen LogP contribution in [0.25, 0.3) is 0 Å². The Morgan fingerprint density at radius 3 is 2.43 bits per heavy atom. The quantitative estimate of drug-likeness (QED) is 0.175. The Morgan fingerprint density at radius 1 is 0.914 bits per heavy atom. The highest BCUT2D eigenvalue weighted by Crippen LogP contribution is 2.32. The monoisotopic (exact) mass is 495 g/mol. The summed E-state index contributed by atoms with van der Waals surface area (Å²) >= 11 is 0. The largest absolute Gasteiger partial charge is 0.385 e. The van der Waals surface area contributed by atoms with E-state index >= 15 is 0 Å². The SMILES string of the molecule is CC.CC.[B]C1=C2CCC(OCOCCOCCNCCCCCCOC)CCCC2C(C)=NN1. The van der Waals surface area contributed by atoms with Crippen molar-refractivity contribution < 1.29 is 18.9 Å². The highest BCUT2D eigenvalue weighted by Gasteiger charge is 2.26. The molecule has 1 heterocycles. The van der Waals surface area contributed by atoms with E-state index in [1.807, 2.05) is 27.7 Å². The third-order valence-electron chi connectivity index (χ3n) is 6.01. The number of methoxy groups -OCH3 is 1. The average molecular weight is 496 g/mol. The number of fused-ring (bicyclic) bond motifs is 1. The van der Waals surface area contributed by atoms with Gasteiger partial charge < -0.3 is 24.3 Å². The summed E-state index contributed by atoms with van der Waals surface area (Å²) in [4.78, 5) is 0. The Bertz CT molecular complexity index is 547. The molecule has 204 valence electrons. The van der Waals surface area contributed by atoms with E-state index in [-0.39, 0.29) is 6.10 Å². The van der Waals surface area contributed by atoms with Crippen molar-refractivity contribution in [1.82, 2.24) is 10.7 Å². The highest BCUT2D eigenvalue weighted by atomic mass is 16.7. The van der Waals surface area contributed by atoms with Gasteiger partial charge in [0.05, 0.1) is 25.9 Å². The Labute approximate surface area is 217 Å². The molecule has 0 aromatic heterocycles. The van der Waals surface area contributed by atoms with Gasteiger partial charge in [0.15, 0.2) is 0 Å². The number of unbranched alkanes of at least 4 members (excludes halogenated alkanes) is 3. The summed E-state index contributed by atoms with van der Waals surface area (Å²) in [6, 6.07) is 0. The molecule has 2 unspecified atom stereocenters. The van der Waals surface area contributed by atoms with E-state index in [4.69, 9.17) is 26.8 Å². The van der Waals surface area contributed by atoms with Crippen LogP contribution in [0.1, 0.15) is 92.4 Å². The minimum absolute atomic E-state index is 0.222. The molecule has 2 rings (SSSR count). The topological polar surface area (TPSA) is 73.3 Å². The number of ether oxygens (including phenoxy) is 4. The van der Waals surface area contributed by atoms with E-state index in [0.29, 0.717) is 32.5 Å². The molecule has 35 heavy (non-hydrogen) atoms. The molecule has 1 saturated carbocycles. The van der Waals surface area contributed by atoms with E-state index in [1.54, 1.807) is 7.11 Å². The number of rotatable bonds is 16. The molecule has 0 aromatic carbocycles. The van der Waals surface area contributed by atoms with Crippen molar-refractivity contribution in [3.05, 3.63) is 11.2 Å². The van der Waals surface area contributed by atoms with Crippen LogP contribution in [0.3, 0.4) is 0 Å². The predicted molar refractivity (Wildman–Crippen MR) is 148 cm³/mol. The van der Waals surface area contributed by atoms with Crippen LogP contribution in [0.4, 0.5) is 0 Å². The number of hydrogen-bond donors (Lipinski definition) is 2. The molecule has 1 aliphatic heterocycles. The number of nitrogens with zero attached hydrogens (tertiary/aromatic N) is 1. The second-order valence-electron chi connectivity index (χ2n) is 8.41. The van der Waals surface area contributed by atoms with Crippen molar-refractivity contribution in [1.29, 1.82) is 0 Å². The number of allylic oxidation sites excluding steroid dienone is 1. The Balaban J connectivity index is 0.00000274. The lowest BCUT2D eigenvalue weighted by molar-refractivity contribution is -0.104. The number of hydrogen-bond acceptors (Lipinski definition) is 7. The van der Waals surface area contributed by atoms with Crippen LogP contribution in [-0.4, -0.2) is 73.1 Å². The number of hydrazone groups is 1. The van der Waals surface area contributed by atoms with E-state index < -0.39 is 0 Å². The van der Waals surface area contributed by atoms with E-state index in [1.165, 1.54) is 24.8 Å². The van der Waals surface area contributed by atoms with Crippen molar-refractivity contribution in [2.45, 2.75) is 98.5 Å². The smallest absolute Gasteiger partial charge is 0.147 e. The summed E-state index contributed by atoms with van der Waals surface area (Å²) in [6.07, 6.45) is 10.3. The summed E-state index contributed by atoms with van der Waals surface area (Å²) in [5.41, 5.74) is 6.10. The fraction of sp³-hybridized carbons (Fsp3) is 0.889. The first-order valence-corrected chi connectivity index (χ1v) is 14.0. The fourth-order valence-electron chi connectivity index (χ4n) is 4.15. The third-order valence-corrected chi connectivity index (χ3v) is 6.01. The molecular formula is C27H54BN3O4. The zero-order chi connectivity index (χ0) is 26.2. The molecular weight excluding hydrogens is 441 g/mol. The molecule has 2 aliphatic rings. The van der Waals surface area contributed by atoms with Gasteiger partial charge in [0.25, 0.3) is 0 Å². The van der Waals surface area contributed by atoms with Gasteiger partial charge in [-0.2, -0.15) is 5.10 Å². The van der Waals surface area contributed by atoms with E-state index in [9.17, 15) is 0 Å². The number of nitrogens with one attached hydrogen (secondary N) is 2. The standard InChI is InChI=1S/C23H42BN3O4.2C2H6/c1-19-21-9-7-8-20(10-11-22(21)23(24)27-26-19)31-18-30-17-16-29-15-13-25-12-5-3-4-6-14-28-2;2*1-2/h20-21,25,27H,3-18H2,1-2H3;2*1-2H3. The van der Waals surface area contributed by atoms with Crippen molar-refractivity contribution in [3.8, 4) is 0 Å². The molecule has 8 heteroatoms. The molecule has 0 saturated heterocycles. The molecule has 0 spiro atoms. The molecule has 2 N–H and O–H groups in total. The lowest BCUT2D eigenvalue weighted by Crippen LogP contribution is -2.30. The first kappa shape index (κ1) is 34.1. The van der Waals surface area contributed by atoms with Crippen LogP contribution >= 0.6 is 0 Å². The zero-order valence-electron chi connectivity index (χ0n) is 23.6. The maximum absolute atomic E-state index is 6.13. The maximum atomic E-state index is 6.13. The van der Waals surface area contributed by atoms with Gasteiger partial charge in [-0.15, -0.1) is 0 Å². The van der Waals surface area contributed by atoms with Crippen LogP contribution in [0.5, 0.6) is 0 Å². The van der Waals surface area contributed by atoms with Crippen LogP contribution in [-0.2, 0) is 18.9 Å². The zero-order valence-corrected chi connectivity index (χ0v) is 23.6. The van der Waals surface area contributed by atoms with Crippen LogP contribution < -0.4 is 10.7 Å². The Morgan fingerprint density at radius 2 is 1.66 bits per heavy atom. The minimum atomic E-state index is 0.222. The lowest BCUT2D eigenvalue weighted by Gasteiger charge is -2.31. The Kier molecular flexibility index (Phi) is 24.1. The average Bonchev–Trinajstić information content (AvgIpc) is 2.87. The molecule has 1 aliphatic carbocycles. The molecule has 1 fully saturated rings. The van der Waals surface area contributed by atoms with Crippen molar-refractivity contribution in [2.24, 2.45) is 11.0 Å². The summed E-state index contributed by atoms with van der Waals surface area (Å²) in [5.74, 6) is 0.394. The van der Waals surface area contributed by atoms with Gasteiger partial charge in [-0.25, -0.2) is 0 Å². The normalized spacial score (nSPS) is 19.7. The fourth-order valence-corrected chi connectivity index (χ4v) is 4.15. The summed E-state index contributed by atoms with van der Waals surface area (Å²) < 4.78 is 22.2. The van der Waals surface area contributed by atoms with Gasteiger partial charge in [-0.05, 0) is 64.0 Å². The maximum Gasteiger partial charge on any atom is 0.147 e. The lowest BCUT2D eigenvalue weighted by atomic mass is 9.78. The highest BCUT2D eigenvalue weighted by molar-refractivity contribution is 6.22. The van der Waals surface area contributed by atoms with Crippen LogP contribution in [0.15, 0.2) is 16.3 Å². The molecule has 0 aromatic rings. The minimum Gasteiger partial charge on any atom is -0.385 e. The van der Waals surface area contributed by atoms with Gasteiger partial charge in [-0.1, -0.05) is 46.1 Å². The van der Waals surface area contributed by atoms with Crippen molar-refractivity contribution >= 4 is 13.6 Å². The first-order chi connectivity index (χ1) is 17.2. The van der Waals surface area contributed by atoms with Crippen LogP contribution in [0, 0.1) is 5.92 Å². The molecule has 2 radical (unpaired) electrons. The summed E-state index contributed by atoms with van der Waals surface area (Å²) in [7, 11) is 7.88. The summed E-state index contributed by atoms with van der Waals surface area (Å²) in [6.45, 7) is 15.1.